The maximum absolute atomic E-state index is 11.7. The highest BCUT2D eigenvalue weighted by Crippen LogP contribution is 2.25. The molecule has 0 aliphatic rings. The summed E-state index contributed by atoms with van der Waals surface area (Å²) < 4.78 is 0. The minimum Gasteiger partial charge on any atom is -0.294 e. The molecule has 0 spiro atoms. The number of hydrogen-bond donors (Lipinski definition) is 0. The van der Waals surface area contributed by atoms with Crippen LogP contribution in [0.15, 0.2) is 18.2 Å². The normalized spacial score (nSPS) is 10.2. The molecule has 0 fully saturated rings. The number of hydrogen-bond acceptors (Lipinski definition) is 1. The van der Waals surface area contributed by atoms with Gasteiger partial charge in [0.05, 0.1) is 15.6 Å². The van der Waals surface area contributed by atoms with E-state index in [1.165, 1.54) is 0 Å². The summed E-state index contributed by atoms with van der Waals surface area (Å²) in [7, 11) is 0. The molecule has 0 radical (unpaired) electrons. The van der Waals surface area contributed by atoms with Gasteiger partial charge in [-0.05, 0) is 18.6 Å². The van der Waals surface area contributed by atoms with Crippen LogP contribution in [0.4, 0.5) is 0 Å². The minimum absolute atomic E-state index is 0.0300. The maximum atomic E-state index is 11.7. The van der Waals surface area contributed by atoms with Crippen molar-refractivity contribution < 1.29 is 4.79 Å². The largest absolute Gasteiger partial charge is 0.294 e. The summed E-state index contributed by atoms with van der Waals surface area (Å²) in [5.41, 5.74) is 0.462. The van der Waals surface area contributed by atoms with Crippen molar-refractivity contribution >= 4 is 29.0 Å². The molecule has 0 aliphatic heterocycles. The Kier molecular flexibility index (Phi) is 4.43. The van der Waals surface area contributed by atoms with Gasteiger partial charge >= 0.3 is 0 Å². The second-order valence-corrected chi connectivity index (χ2v) is 3.94. The van der Waals surface area contributed by atoms with E-state index in [4.69, 9.17) is 23.2 Å². The van der Waals surface area contributed by atoms with Gasteiger partial charge in [-0.1, -0.05) is 42.6 Å². The van der Waals surface area contributed by atoms with E-state index < -0.39 is 0 Å². The van der Waals surface area contributed by atoms with Crippen molar-refractivity contribution in [1.82, 2.24) is 0 Å². The molecule has 1 nitrogen and oxygen atoms in total. The van der Waals surface area contributed by atoms with Crippen molar-refractivity contribution in [3.05, 3.63) is 33.8 Å². The van der Waals surface area contributed by atoms with Gasteiger partial charge in [0.15, 0.2) is 5.78 Å². The van der Waals surface area contributed by atoms with E-state index in [0.717, 1.165) is 12.8 Å². The van der Waals surface area contributed by atoms with E-state index in [9.17, 15) is 4.79 Å². The molecule has 0 bridgehead atoms. The smallest absolute Gasteiger partial charge is 0.165 e. The molecular weight excluding hydrogens is 219 g/mol. The third-order valence-electron chi connectivity index (χ3n) is 2.00. The van der Waals surface area contributed by atoms with Crippen molar-refractivity contribution in [3.63, 3.8) is 0 Å². The third-order valence-corrected chi connectivity index (χ3v) is 2.63. The number of ketones is 1. The molecule has 76 valence electrons. The summed E-state index contributed by atoms with van der Waals surface area (Å²) in [6.07, 6.45) is 2.38. The fourth-order valence-electron chi connectivity index (χ4n) is 1.23. The lowest BCUT2D eigenvalue weighted by Gasteiger charge is -2.04. The van der Waals surface area contributed by atoms with Crippen LogP contribution in [0.1, 0.15) is 36.5 Å². The third kappa shape index (κ3) is 2.73. The Morgan fingerprint density at radius 3 is 2.36 bits per heavy atom. The Bertz CT molecular complexity index is 314. The molecule has 1 aromatic carbocycles. The van der Waals surface area contributed by atoms with Gasteiger partial charge in [-0.15, -0.1) is 0 Å². The topological polar surface area (TPSA) is 17.1 Å². The molecule has 1 aromatic rings. The van der Waals surface area contributed by atoms with Crippen molar-refractivity contribution in [1.29, 1.82) is 0 Å². The molecule has 0 N–H and O–H groups in total. The van der Waals surface area contributed by atoms with Crippen LogP contribution in [0.2, 0.25) is 10.0 Å². The van der Waals surface area contributed by atoms with Crippen molar-refractivity contribution in [2.24, 2.45) is 0 Å². The lowest BCUT2D eigenvalue weighted by molar-refractivity contribution is 0.0980. The van der Waals surface area contributed by atoms with E-state index in [0.29, 0.717) is 22.0 Å². The van der Waals surface area contributed by atoms with Gasteiger partial charge in [0.1, 0.15) is 0 Å². The molecule has 0 saturated carbocycles. The van der Waals surface area contributed by atoms with E-state index >= 15 is 0 Å². The number of carbonyl (C=O) groups excluding carboxylic acids is 1. The SMILES string of the molecule is CCCCC(=O)c1c(Cl)cccc1Cl. The second-order valence-electron chi connectivity index (χ2n) is 3.12. The van der Waals surface area contributed by atoms with Crippen LogP contribution in [-0.4, -0.2) is 5.78 Å². The van der Waals surface area contributed by atoms with Gasteiger partial charge in [0.2, 0.25) is 0 Å². The molecule has 0 atom stereocenters. The number of rotatable bonds is 4. The number of benzene rings is 1. The highest BCUT2D eigenvalue weighted by molar-refractivity contribution is 6.39. The van der Waals surface area contributed by atoms with Crippen LogP contribution in [0, 0.1) is 0 Å². The zero-order valence-corrected chi connectivity index (χ0v) is 9.53. The predicted molar refractivity (Wildman–Crippen MR) is 60.3 cm³/mol. The first-order chi connectivity index (χ1) is 6.66. The molecule has 0 aromatic heterocycles. The summed E-state index contributed by atoms with van der Waals surface area (Å²) in [6.45, 7) is 2.04. The van der Waals surface area contributed by atoms with Crippen molar-refractivity contribution in [2.75, 3.05) is 0 Å². The number of unbranched alkanes of at least 4 members (excludes halogenated alkanes) is 1. The highest BCUT2D eigenvalue weighted by atomic mass is 35.5. The first kappa shape index (κ1) is 11.5. The maximum Gasteiger partial charge on any atom is 0.165 e. The first-order valence-corrected chi connectivity index (χ1v) is 5.39. The fraction of sp³-hybridized carbons (Fsp3) is 0.364. The average molecular weight is 231 g/mol. The van der Waals surface area contributed by atoms with E-state index in [-0.39, 0.29) is 5.78 Å². The van der Waals surface area contributed by atoms with Crippen molar-refractivity contribution in [2.45, 2.75) is 26.2 Å². The molecule has 0 heterocycles. The molecule has 1 rings (SSSR count). The average Bonchev–Trinajstić information content (AvgIpc) is 2.14. The van der Waals surface area contributed by atoms with Crippen LogP contribution < -0.4 is 0 Å². The van der Waals surface area contributed by atoms with Crippen LogP contribution >= 0.6 is 23.2 Å². The molecule has 3 heteroatoms. The van der Waals surface area contributed by atoms with Crippen LogP contribution in [0.25, 0.3) is 0 Å². The summed E-state index contributed by atoms with van der Waals surface area (Å²) in [6, 6.07) is 5.11. The fourth-order valence-corrected chi connectivity index (χ4v) is 1.83. The Morgan fingerprint density at radius 1 is 1.29 bits per heavy atom. The quantitative estimate of drug-likeness (QED) is 0.703. The number of halogens is 2. The number of Topliss-reactive ketones (excluding diaryl/α,β-unsaturated/α-hetero) is 1. The van der Waals surface area contributed by atoms with Crippen molar-refractivity contribution in [3.8, 4) is 0 Å². The summed E-state index contributed by atoms with van der Waals surface area (Å²) in [4.78, 5) is 11.7. The highest BCUT2D eigenvalue weighted by Gasteiger charge is 2.13. The Hall–Kier alpha value is -0.530. The summed E-state index contributed by atoms with van der Waals surface area (Å²) >= 11 is 11.8. The zero-order valence-electron chi connectivity index (χ0n) is 8.02. The molecule has 0 aliphatic carbocycles. The second kappa shape index (κ2) is 5.38. The van der Waals surface area contributed by atoms with Gasteiger partial charge in [0, 0.05) is 6.42 Å². The van der Waals surface area contributed by atoms with Gasteiger partial charge < -0.3 is 0 Å². The van der Waals surface area contributed by atoms with Gasteiger partial charge in [-0.3, -0.25) is 4.79 Å². The molecule has 0 unspecified atom stereocenters. The van der Waals surface area contributed by atoms with Gasteiger partial charge in [-0.2, -0.15) is 0 Å². The van der Waals surface area contributed by atoms with Crippen LogP contribution in [0.5, 0.6) is 0 Å². The molecule has 0 amide bonds. The molecular formula is C11H12Cl2O. The van der Waals surface area contributed by atoms with E-state index in [2.05, 4.69) is 0 Å². The Labute approximate surface area is 94.0 Å². The van der Waals surface area contributed by atoms with Crippen LogP contribution in [-0.2, 0) is 0 Å². The monoisotopic (exact) mass is 230 g/mol. The minimum atomic E-state index is 0.0300. The van der Waals surface area contributed by atoms with Gasteiger partial charge in [0.25, 0.3) is 0 Å². The van der Waals surface area contributed by atoms with Gasteiger partial charge in [-0.25, -0.2) is 0 Å². The lowest BCUT2D eigenvalue weighted by atomic mass is 10.1. The summed E-state index contributed by atoms with van der Waals surface area (Å²) in [5, 5.41) is 0.886. The predicted octanol–water partition coefficient (Wildman–Crippen LogP) is 4.37. The molecule has 0 saturated heterocycles. The Balaban J connectivity index is 2.89. The first-order valence-electron chi connectivity index (χ1n) is 4.64. The van der Waals surface area contributed by atoms with E-state index in [1.807, 2.05) is 6.92 Å². The summed E-state index contributed by atoms with van der Waals surface area (Å²) in [5.74, 6) is 0.0300. The van der Waals surface area contributed by atoms with E-state index in [1.54, 1.807) is 18.2 Å². The molecule has 14 heavy (non-hydrogen) atoms. The Morgan fingerprint density at radius 2 is 1.86 bits per heavy atom. The zero-order chi connectivity index (χ0) is 10.6. The number of carbonyl (C=O) groups is 1. The van der Waals surface area contributed by atoms with Crippen LogP contribution in [0.3, 0.4) is 0 Å². The lowest BCUT2D eigenvalue weighted by Crippen LogP contribution is -2.00. The standard InChI is InChI=1S/C11H12Cl2O/c1-2-3-7-10(14)11-8(12)5-4-6-9(11)13/h4-6H,2-3,7H2,1H3.